The van der Waals surface area contributed by atoms with Crippen LogP contribution in [0.15, 0.2) is 35.5 Å². The van der Waals surface area contributed by atoms with Crippen molar-refractivity contribution in [3.8, 4) is 0 Å². The minimum atomic E-state index is -3.62. The Bertz CT molecular complexity index is 1330. The van der Waals surface area contributed by atoms with Gasteiger partial charge in [0.1, 0.15) is 17.7 Å². The molecule has 1 aliphatic heterocycles. The summed E-state index contributed by atoms with van der Waals surface area (Å²) in [7, 11) is -3.62. The van der Waals surface area contributed by atoms with Gasteiger partial charge in [-0.2, -0.15) is 0 Å². The molecule has 0 spiro atoms. The third kappa shape index (κ3) is 4.42. The molecule has 0 unspecified atom stereocenters. The Morgan fingerprint density at radius 1 is 1.20 bits per heavy atom. The number of hydrogen-bond donors (Lipinski definition) is 1. The van der Waals surface area contributed by atoms with E-state index >= 15 is 0 Å². The van der Waals surface area contributed by atoms with Crippen LogP contribution >= 0.6 is 11.6 Å². The van der Waals surface area contributed by atoms with Gasteiger partial charge in [-0.25, -0.2) is 22.2 Å². The number of piperidine rings is 1. The second-order valence-electron chi connectivity index (χ2n) is 9.77. The molecule has 0 radical (unpaired) electrons. The van der Waals surface area contributed by atoms with Gasteiger partial charge in [0, 0.05) is 30.1 Å². The van der Waals surface area contributed by atoms with Crippen LogP contribution in [-0.4, -0.2) is 49.0 Å². The number of nitrogens with one attached hydrogen (secondary N) is 1. The fraction of sp³-hybridized carbons (Fsp3) is 0.458. The number of benzene rings is 1. The maximum Gasteiger partial charge on any atom is 0.254 e. The number of carbonyl (C=O) groups is 2. The van der Waals surface area contributed by atoms with Crippen LogP contribution in [0.25, 0.3) is 0 Å². The molecule has 35 heavy (non-hydrogen) atoms. The summed E-state index contributed by atoms with van der Waals surface area (Å²) in [4.78, 5) is 32.1. The van der Waals surface area contributed by atoms with Crippen molar-refractivity contribution in [2.24, 2.45) is 23.7 Å². The molecule has 11 heteroatoms. The number of hydrogen-bond acceptors (Lipinski definition) is 5. The van der Waals surface area contributed by atoms with Crippen molar-refractivity contribution >= 4 is 33.3 Å². The van der Waals surface area contributed by atoms with Crippen LogP contribution in [0.5, 0.6) is 0 Å². The third-order valence-corrected chi connectivity index (χ3v) is 8.67. The topological polar surface area (TPSA) is 96.4 Å². The average Bonchev–Trinajstić information content (AvgIpc) is 3.70. The molecular weight excluding hydrogens is 500 g/mol. The molecule has 3 aliphatic rings. The minimum absolute atomic E-state index is 0.0333. The first-order valence-corrected chi connectivity index (χ1v) is 13.7. The summed E-state index contributed by atoms with van der Waals surface area (Å²) in [5.74, 6) is -2.07. The Labute approximate surface area is 206 Å². The van der Waals surface area contributed by atoms with Gasteiger partial charge in [0.15, 0.2) is 14.9 Å². The smallest absolute Gasteiger partial charge is 0.254 e. The van der Waals surface area contributed by atoms with E-state index in [0.717, 1.165) is 31.2 Å². The van der Waals surface area contributed by atoms with Crippen LogP contribution in [0.2, 0.25) is 5.02 Å². The second kappa shape index (κ2) is 8.51. The van der Waals surface area contributed by atoms with E-state index in [2.05, 4.69) is 10.3 Å². The highest BCUT2D eigenvalue weighted by Crippen LogP contribution is 2.55. The van der Waals surface area contributed by atoms with E-state index in [0.29, 0.717) is 6.54 Å². The summed E-state index contributed by atoms with van der Waals surface area (Å²) in [6.07, 6.45) is 3.77. The van der Waals surface area contributed by atoms with Gasteiger partial charge in [-0.15, -0.1) is 0 Å². The molecule has 1 N–H and O–H groups in total. The largest absolute Gasteiger partial charge is 0.347 e. The normalized spacial score (nSPS) is 26.3. The van der Waals surface area contributed by atoms with Gasteiger partial charge >= 0.3 is 0 Å². The number of sulfone groups is 1. The Morgan fingerprint density at radius 2 is 1.91 bits per heavy atom. The maximum atomic E-state index is 14.7. The number of carbonyl (C=O) groups excluding carboxylic acids is 2. The van der Waals surface area contributed by atoms with Crippen LogP contribution in [0.1, 0.15) is 41.7 Å². The molecule has 0 bridgehead atoms. The molecule has 2 aliphatic carbocycles. The quantitative estimate of drug-likeness (QED) is 0.585. The molecule has 1 aromatic carbocycles. The molecule has 2 aromatic rings. The van der Waals surface area contributed by atoms with E-state index in [4.69, 9.17) is 11.6 Å². The molecule has 1 aromatic heterocycles. The monoisotopic (exact) mass is 523 g/mol. The number of aromatic nitrogens is 1. The number of likely N-dealkylation sites (tertiary alicyclic amines) is 1. The second-order valence-corrected chi connectivity index (χ2v) is 12.1. The molecule has 3 fully saturated rings. The van der Waals surface area contributed by atoms with Crippen LogP contribution in [0, 0.1) is 35.3 Å². The highest BCUT2D eigenvalue weighted by molar-refractivity contribution is 7.90. The molecule has 5 rings (SSSR count). The lowest BCUT2D eigenvalue weighted by Gasteiger charge is -2.30. The van der Waals surface area contributed by atoms with Gasteiger partial charge in [0.2, 0.25) is 5.91 Å². The zero-order chi connectivity index (χ0) is 25.2. The summed E-state index contributed by atoms with van der Waals surface area (Å²) in [6, 6.07) is 3.01. The lowest BCUT2D eigenvalue weighted by molar-refractivity contribution is -0.126. The summed E-state index contributed by atoms with van der Waals surface area (Å²) < 4.78 is 52.6. The van der Waals surface area contributed by atoms with Gasteiger partial charge in [0.25, 0.3) is 5.91 Å². The van der Waals surface area contributed by atoms with Crippen molar-refractivity contribution in [2.45, 2.75) is 36.9 Å². The van der Waals surface area contributed by atoms with Crippen molar-refractivity contribution in [1.82, 2.24) is 15.2 Å². The predicted octanol–water partition coefficient (Wildman–Crippen LogP) is 3.39. The van der Waals surface area contributed by atoms with E-state index in [1.807, 2.05) is 6.92 Å². The van der Waals surface area contributed by atoms with Gasteiger partial charge in [-0.05, 0) is 60.8 Å². The zero-order valence-electron chi connectivity index (χ0n) is 19.0. The number of halogens is 3. The summed E-state index contributed by atoms with van der Waals surface area (Å²) in [6.45, 7) is 2.37. The average molecular weight is 524 g/mol. The zero-order valence-corrected chi connectivity index (χ0v) is 20.6. The molecule has 5 atom stereocenters. The third-order valence-electron chi connectivity index (χ3n) is 7.40. The number of rotatable bonds is 6. The lowest BCUT2D eigenvalue weighted by atomic mass is 10.00. The molecule has 2 amide bonds. The van der Waals surface area contributed by atoms with E-state index < -0.39 is 45.4 Å². The Balaban J connectivity index is 1.42. The highest BCUT2D eigenvalue weighted by Gasteiger charge is 2.62. The molecule has 7 nitrogen and oxygen atoms in total. The number of amides is 2. The van der Waals surface area contributed by atoms with Gasteiger partial charge < -0.3 is 10.2 Å². The number of nitrogens with zero attached hydrogens (tertiary/aromatic N) is 2. The molecule has 1 saturated heterocycles. The Kier molecular flexibility index (Phi) is 5.87. The first kappa shape index (κ1) is 24.1. The molecular formula is C24H24ClF2N3O4S. The van der Waals surface area contributed by atoms with Gasteiger partial charge in [-0.1, -0.05) is 18.5 Å². The molecule has 2 saturated carbocycles. The lowest BCUT2D eigenvalue weighted by Crippen LogP contribution is -2.50. The minimum Gasteiger partial charge on any atom is -0.347 e. The number of pyridine rings is 1. The first-order valence-electron chi connectivity index (χ1n) is 11.4. The fourth-order valence-corrected chi connectivity index (χ4v) is 6.01. The van der Waals surface area contributed by atoms with Gasteiger partial charge in [0.05, 0.1) is 11.1 Å². The van der Waals surface area contributed by atoms with Crippen LogP contribution < -0.4 is 5.32 Å². The summed E-state index contributed by atoms with van der Waals surface area (Å²) in [5.41, 5.74) is 0.155. The summed E-state index contributed by atoms with van der Waals surface area (Å²) in [5, 5.41) is 2.32. The SMILES string of the molecule is C[C@@H]1[C@@H]2CN(C(=O)c3ccnc(S(C)(=O)=O)c3)[C@@H](C(=O)N[C@@H](c3cc(F)c(Cl)cc3F)C3CC3)[C@H]12. The van der Waals surface area contributed by atoms with Crippen molar-refractivity contribution in [3.05, 3.63) is 58.2 Å². The van der Waals surface area contributed by atoms with Crippen molar-refractivity contribution in [3.63, 3.8) is 0 Å². The van der Waals surface area contributed by atoms with E-state index in [1.54, 1.807) is 0 Å². The van der Waals surface area contributed by atoms with Crippen LogP contribution in [-0.2, 0) is 14.6 Å². The van der Waals surface area contributed by atoms with E-state index in [9.17, 15) is 26.8 Å². The predicted molar refractivity (Wildman–Crippen MR) is 123 cm³/mol. The highest BCUT2D eigenvalue weighted by atomic mass is 35.5. The first-order chi connectivity index (χ1) is 16.5. The number of fused-ring (bicyclic) bond motifs is 1. The fourth-order valence-electron chi connectivity index (χ4n) is 5.27. The maximum absolute atomic E-state index is 14.7. The van der Waals surface area contributed by atoms with Crippen molar-refractivity contribution in [1.29, 1.82) is 0 Å². The Morgan fingerprint density at radius 3 is 2.57 bits per heavy atom. The van der Waals surface area contributed by atoms with Crippen LogP contribution in [0.3, 0.4) is 0 Å². The van der Waals surface area contributed by atoms with E-state index in [1.165, 1.54) is 23.2 Å². The molecule has 2 heterocycles. The summed E-state index contributed by atoms with van der Waals surface area (Å²) >= 11 is 5.70. The van der Waals surface area contributed by atoms with Crippen molar-refractivity contribution in [2.75, 3.05) is 12.8 Å². The standard InChI is InChI=1S/C24H24ClF2N3O4S/c1-11-15-10-30(24(32)13-5-6-28-19(7-13)35(2,33)34)22(20(11)15)23(31)29-21(12-3-4-12)14-8-18(27)16(25)9-17(14)26/h5-9,11-12,15,20-22H,3-4,10H2,1-2H3,(H,29,31)/t11-,15+,20-,21-,22-/m1/s1. The van der Waals surface area contributed by atoms with Gasteiger partial charge in [-0.3, -0.25) is 9.59 Å². The van der Waals surface area contributed by atoms with Crippen molar-refractivity contribution < 1.29 is 26.8 Å². The molecule has 186 valence electrons. The Hall–Kier alpha value is -2.59. The van der Waals surface area contributed by atoms with Crippen LogP contribution in [0.4, 0.5) is 8.78 Å². The van der Waals surface area contributed by atoms with E-state index in [-0.39, 0.29) is 44.8 Å².